The van der Waals surface area contributed by atoms with Gasteiger partial charge in [0.25, 0.3) is 0 Å². The molecule has 0 saturated carbocycles. The molecule has 0 spiro atoms. The lowest BCUT2D eigenvalue weighted by atomic mass is 10.1. The van der Waals surface area contributed by atoms with Crippen molar-refractivity contribution < 1.29 is 9.53 Å². The molecule has 0 aliphatic rings. The van der Waals surface area contributed by atoms with Gasteiger partial charge in [-0.25, -0.2) is 4.79 Å². The minimum atomic E-state index is -0.393. The summed E-state index contributed by atoms with van der Waals surface area (Å²) in [5.41, 5.74) is 12.5. The van der Waals surface area contributed by atoms with Gasteiger partial charge in [0.15, 0.2) is 0 Å². The Hall–Kier alpha value is -2.82. The molecule has 0 atom stereocenters. The number of carbonyl (C=O) groups is 1. The van der Waals surface area contributed by atoms with Crippen LogP contribution in [-0.4, -0.2) is 18.9 Å². The summed E-state index contributed by atoms with van der Waals surface area (Å²) in [4.78, 5) is 11.0. The highest BCUT2D eigenvalue weighted by Gasteiger charge is 2.04. The highest BCUT2D eigenvalue weighted by atomic mass is 16.5. The molecule has 5 nitrogen and oxygen atoms in total. The monoisotopic (exact) mass is 271 g/mol. The molecular weight excluding hydrogens is 254 g/mol. The molecule has 5 N–H and O–H groups in total. The van der Waals surface area contributed by atoms with Crippen LogP contribution in [0.5, 0.6) is 0 Å². The first-order valence-electron chi connectivity index (χ1n) is 5.88. The Balaban J connectivity index is 0.000000240. The molecule has 2 rings (SSSR count). The average Bonchev–Trinajstić information content (AvgIpc) is 2.48. The van der Waals surface area contributed by atoms with Gasteiger partial charge in [-0.1, -0.05) is 30.3 Å². The summed E-state index contributed by atoms with van der Waals surface area (Å²) in [7, 11) is 1.32. The number of amidine groups is 1. The maximum Gasteiger partial charge on any atom is 0.337 e. The topological polar surface area (TPSA) is 102 Å². The lowest BCUT2D eigenvalue weighted by Gasteiger charge is -2.00. The van der Waals surface area contributed by atoms with Crippen molar-refractivity contribution in [3.05, 3.63) is 65.7 Å². The number of carbonyl (C=O) groups excluding carboxylic acids is 1. The van der Waals surface area contributed by atoms with Gasteiger partial charge in [0.2, 0.25) is 0 Å². The number of esters is 1. The van der Waals surface area contributed by atoms with Crippen LogP contribution < -0.4 is 11.5 Å². The van der Waals surface area contributed by atoms with E-state index in [4.69, 9.17) is 16.9 Å². The minimum absolute atomic E-state index is 0.0172. The first kappa shape index (κ1) is 15.2. The maximum atomic E-state index is 11.0. The number of para-hydroxylation sites is 1. The van der Waals surface area contributed by atoms with Gasteiger partial charge in [0, 0.05) is 11.3 Å². The SMILES string of the molecule is COC(=O)c1ccc(C(=N)N)cc1.Nc1ccccc1. The molecule has 104 valence electrons. The second kappa shape index (κ2) is 7.58. The van der Waals surface area contributed by atoms with Gasteiger partial charge in [-0.2, -0.15) is 0 Å². The van der Waals surface area contributed by atoms with E-state index >= 15 is 0 Å². The number of anilines is 1. The van der Waals surface area contributed by atoms with Crippen molar-refractivity contribution in [1.29, 1.82) is 5.41 Å². The third-order valence-electron chi connectivity index (χ3n) is 2.42. The molecule has 0 bridgehead atoms. The Morgan fingerprint density at radius 3 is 1.85 bits per heavy atom. The molecule has 20 heavy (non-hydrogen) atoms. The van der Waals surface area contributed by atoms with Gasteiger partial charge in [-0.15, -0.1) is 0 Å². The second-order valence-electron chi connectivity index (χ2n) is 3.89. The summed E-state index contributed by atoms with van der Waals surface area (Å²) in [6.45, 7) is 0. The highest BCUT2D eigenvalue weighted by molar-refractivity contribution is 5.96. The fraction of sp³-hybridized carbons (Fsp3) is 0.0667. The molecule has 0 aliphatic heterocycles. The number of methoxy groups -OCH3 is 1. The van der Waals surface area contributed by atoms with Gasteiger partial charge in [-0.05, 0) is 24.3 Å². The van der Waals surface area contributed by atoms with Crippen molar-refractivity contribution >= 4 is 17.5 Å². The zero-order valence-electron chi connectivity index (χ0n) is 11.2. The Morgan fingerprint density at radius 2 is 1.50 bits per heavy atom. The van der Waals surface area contributed by atoms with Crippen molar-refractivity contribution in [1.82, 2.24) is 0 Å². The van der Waals surface area contributed by atoms with Crippen molar-refractivity contribution in [2.24, 2.45) is 5.73 Å². The number of nitrogens with one attached hydrogen (secondary N) is 1. The molecule has 2 aromatic rings. The van der Waals surface area contributed by atoms with Gasteiger partial charge in [0.05, 0.1) is 12.7 Å². The van der Waals surface area contributed by atoms with Gasteiger partial charge >= 0.3 is 5.97 Å². The molecule has 0 amide bonds. The number of ether oxygens (including phenoxy) is 1. The van der Waals surface area contributed by atoms with Crippen LogP contribution in [0.2, 0.25) is 0 Å². The van der Waals surface area contributed by atoms with Crippen molar-refractivity contribution in [2.45, 2.75) is 0 Å². The number of hydrogen-bond acceptors (Lipinski definition) is 4. The predicted molar refractivity (Wildman–Crippen MR) is 79.7 cm³/mol. The van der Waals surface area contributed by atoms with E-state index in [-0.39, 0.29) is 5.84 Å². The summed E-state index contributed by atoms with van der Waals surface area (Å²) in [5.74, 6) is -0.411. The lowest BCUT2D eigenvalue weighted by Crippen LogP contribution is -2.11. The van der Waals surface area contributed by atoms with Crippen LogP contribution in [0, 0.1) is 5.41 Å². The summed E-state index contributed by atoms with van der Waals surface area (Å²) < 4.78 is 4.51. The van der Waals surface area contributed by atoms with Crippen LogP contribution in [0.4, 0.5) is 5.69 Å². The maximum absolute atomic E-state index is 11.0. The molecule has 0 saturated heterocycles. The van der Waals surface area contributed by atoms with Crippen LogP contribution in [0.1, 0.15) is 15.9 Å². The van der Waals surface area contributed by atoms with Crippen molar-refractivity contribution in [2.75, 3.05) is 12.8 Å². The van der Waals surface area contributed by atoms with E-state index in [0.29, 0.717) is 11.1 Å². The van der Waals surface area contributed by atoms with Crippen LogP contribution >= 0.6 is 0 Å². The van der Waals surface area contributed by atoms with Crippen molar-refractivity contribution in [3.63, 3.8) is 0 Å². The molecule has 5 heteroatoms. The first-order chi connectivity index (χ1) is 9.54. The minimum Gasteiger partial charge on any atom is -0.465 e. The smallest absolute Gasteiger partial charge is 0.337 e. The number of nitrogens with two attached hydrogens (primary N) is 2. The van der Waals surface area contributed by atoms with Gasteiger partial charge < -0.3 is 16.2 Å². The van der Waals surface area contributed by atoms with E-state index in [9.17, 15) is 4.79 Å². The zero-order valence-corrected chi connectivity index (χ0v) is 11.2. The second-order valence-corrected chi connectivity index (χ2v) is 3.89. The molecular formula is C15H17N3O2. The summed E-state index contributed by atoms with van der Waals surface area (Å²) in [6.07, 6.45) is 0. The van der Waals surface area contributed by atoms with Crippen molar-refractivity contribution in [3.8, 4) is 0 Å². The molecule has 0 unspecified atom stereocenters. The Bertz CT molecular complexity index is 565. The molecule has 0 radical (unpaired) electrons. The lowest BCUT2D eigenvalue weighted by molar-refractivity contribution is 0.0600. The Kier molecular flexibility index (Phi) is 5.77. The van der Waals surface area contributed by atoms with E-state index in [0.717, 1.165) is 5.69 Å². The fourth-order valence-corrected chi connectivity index (χ4v) is 1.36. The summed E-state index contributed by atoms with van der Waals surface area (Å²) in [6, 6.07) is 15.8. The van der Waals surface area contributed by atoms with E-state index in [1.165, 1.54) is 7.11 Å². The standard InChI is InChI=1S/C9H10N2O2.C6H7N/c1-13-9(12)7-4-2-6(3-5-7)8(10)11;7-6-4-2-1-3-5-6/h2-5H,1H3,(H3,10,11);1-5H,7H2. The quantitative estimate of drug-likeness (QED) is 0.336. The zero-order chi connectivity index (χ0) is 15.0. The van der Waals surface area contributed by atoms with E-state index in [1.54, 1.807) is 24.3 Å². The third-order valence-corrected chi connectivity index (χ3v) is 2.42. The first-order valence-corrected chi connectivity index (χ1v) is 5.88. The van der Waals surface area contributed by atoms with Gasteiger partial charge in [-0.3, -0.25) is 5.41 Å². The average molecular weight is 271 g/mol. The molecule has 2 aromatic carbocycles. The van der Waals surface area contributed by atoms with Crippen LogP contribution in [0.3, 0.4) is 0 Å². The summed E-state index contributed by atoms with van der Waals surface area (Å²) >= 11 is 0. The van der Waals surface area contributed by atoms with E-state index in [2.05, 4.69) is 4.74 Å². The number of rotatable bonds is 2. The fourth-order valence-electron chi connectivity index (χ4n) is 1.36. The molecule has 0 aromatic heterocycles. The largest absolute Gasteiger partial charge is 0.465 e. The molecule has 0 heterocycles. The Morgan fingerprint density at radius 1 is 1.00 bits per heavy atom. The molecule has 0 aliphatic carbocycles. The van der Waals surface area contributed by atoms with Crippen LogP contribution in [0.15, 0.2) is 54.6 Å². The number of benzene rings is 2. The van der Waals surface area contributed by atoms with E-state index in [1.807, 2.05) is 30.3 Å². The predicted octanol–water partition coefficient (Wildman–Crippen LogP) is 2.03. The number of nitrogen functional groups attached to an aromatic ring is 2. The Labute approximate surface area is 117 Å². The number of hydrogen-bond donors (Lipinski definition) is 3. The van der Waals surface area contributed by atoms with E-state index < -0.39 is 5.97 Å². The van der Waals surface area contributed by atoms with Crippen LogP contribution in [-0.2, 0) is 4.74 Å². The summed E-state index contributed by atoms with van der Waals surface area (Å²) in [5, 5.41) is 7.12. The normalized spacial score (nSPS) is 9.05. The third kappa shape index (κ3) is 4.81. The van der Waals surface area contributed by atoms with Gasteiger partial charge in [0.1, 0.15) is 5.84 Å². The highest BCUT2D eigenvalue weighted by Crippen LogP contribution is 2.04. The van der Waals surface area contributed by atoms with Crippen LogP contribution in [0.25, 0.3) is 0 Å². The molecule has 0 fully saturated rings.